The molecule has 1 aliphatic rings. The Balaban J connectivity index is 1.55. The molecule has 1 atom stereocenters. The summed E-state index contributed by atoms with van der Waals surface area (Å²) in [7, 11) is 1.75. The quantitative estimate of drug-likeness (QED) is 0.607. The van der Waals surface area contributed by atoms with Crippen molar-refractivity contribution in [2.45, 2.75) is 45.8 Å². The Labute approximate surface area is 160 Å². The molecule has 6 heteroatoms. The fourth-order valence-electron chi connectivity index (χ4n) is 3.27. The van der Waals surface area contributed by atoms with Crippen LogP contribution in [0.1, 0.15) is 48.5 Å². The zero-order valence-electron chi connectivity index (χ0n) is 16.3. The fourth-order valence-corrected chi connectivity index (χ4v) is 3.27. The van der Waals surface area contributed by atoms with E-state index in [9.17, 15) is 4.79 Å². The second-order valence-corrected chi connectivity index (χ2v) is 6.98. The normalized spacial score (nSPS) is 15.9. The second kappa shape index (κ2) is 8.75. The van der Waals surface area contributed by atoms with Crippen molar-refractivity contribution in [3.63, 3.8) is 0 Å². The predicted molar refractivity (Wildman–Crippen MR) is 106 cm³/mol. The van der Waals surface area contributed by atoms with Crippen molar-refractivity contribution in [2.24, 2.45) is 4.99 Å². The van der Waals surface area contributed by atoms with Crippen LogP contribution in [0.4, 0.5) is 0 Å². The fraction of sp³-hybridized carbons (Fsp3) is 0.429. The van der Waals surface area contributed by atoms with Gasteiger partial charge in [-0.25, -0.2) is 0 Å². The summed E-state index contributed by atoms with van der Waals surface area (Å²) in [5.41, 5.74) is 2.32. The number of carbonyl (C=O) groups excluding carboxylic acids is 1. The Bertz CT molecular complexity index is 812. The lowest BCUT2D eigenvalue weighted by atomic mass is 10.1. The lowest BCUT2D eigenvalue weighted by Gasteiger charge is -2.18. The van der Waals surface area contributed by atoms with E-state index >= 15 is 0 Å². The highest BCUT2D eigenvalue weighted by Crippen LogP contribution is 2.16. The van der Waals surface area contributed by atoms with Gasteiger partial charge in [-0.05, 0) is 43.5 Å². The van der Waals surface area contributed by atoms with Crippen LogP contribution in [0.15, 0.2) is 45.8 Å². The molecule has 1 aromatic heterocycles. The SMILES string of the molecule is CN=C(NCc1cccc(CN2CCCC2=O)c1)NC(C)c1ccc(C)o1. The number of hydrogen-bond acceptors (Lipinski definition) is 3. The maximum Gasteiger partial charge on any atom is 0.222 e. The molecule has 0 bridgehead atoms. The van der Waals surface area contributed by atoms with Gasteiger partial charge in [0, 0.05) is 33.1 Å². The van der Waals surface area contributed by atoms with Gasteiger partial charge in [-0.1, -0.05) is 24.3 Å². The van der Waals surface area contributed by atoms with Crippen LogP contribution >= 0.6 is 0 Å². The number of carbonyl (C=O) groups is 1. The number of benzene rings is 1. The summed E-state index contributed by atoms with van der Waals surface area (Å²) in [6, 6.07) is 12.3. The number of hydrogen-bond donors (Lipinski definition) is 2. The molecule has 6 nitrogen and oxygen atoms in total. The molecular formula is C21H28N4O2. The molecule has 1 saturated heterocycles. The Morgan fingerprint density at radius 2 is 2.11 bits per heavy atom. The Kier molecular flexibility index (Phi) is 6.16. The third kappa shape index (κ3) is 5.12. The van der Waals surface area contributed by atoms with Gasteiger partial charge in [0.15, 0.2) is 5.96 Å². The standard InChI is InChI=1S/C21H28N4O2/c1-15-9-10-19(27-15)16(2)24-21(22-3)23-13-17-6-4-7-18(12-17)14-25-11-5-8-20(25)26/h4,6-7,9-10,12,16H,5,8,11,13-14H2,1-3H3,(H2,22,23,24). The van der Waals surface area contributed by atoms with Crippen molar-refractivity contribution in [1.29, 1.82) is 0 Å². The molecule has 1 aromatic carbocycles. The van der Waals surface area contributed by atoms with E-state index in [-0.39, 0.29) is 11.9 Å². The Morgan fingerprint density at radius 3 is 2.78 bits per heavy atom. The highest BCUT2D eigenvalue weighted by Gasteiger charge is 2.20. The van der Waals surface area contributed by atoms with Crippen LogP contribution in [0, 0.1) is 6.92 Å². The van der Waals surface area contributed by atoms with Crippen molar-refractivity contribution in [1.82, 2.24) is 15.5 Å². The zero-order valence-corrected chi connectivity index (χ0v) is 16.3. The van der Waals surface area contributed by atoms with Crippen LogP contribution in [0.25, 0.3) is 0 Å². The van der Waals surface area contributed by atoms with Crippen molar-refractivity contribution < 1.29 is 9.21 Å². The highest BCUT2D eigenvalue weighted by molar-refractivity contribution is 5.80. The highest BCUT2D eigenvalue weighted by atomic mass is 16.3. The zero-order chi connectivity index (χ0) is 19.2. The lowest BCUT2D eigenvalue weighted by Crippen LogP contribution is -2.38. The van der Waals surface area contributed by atoms with Crippen molar-refractivity contribution in [3.05, 3.63) is 59.0 Å². The molecule has 0 spiro atoms. The molecule has 1 aliphatic heterocycles. The summed E-state index contributed by atoms with van der Waals surface area (Å²) < 4.78 is 5.66. The number of amides is 1. The van der Waals surface area contributed by atoms with Crippen molar-refractivity contribution in [3.8, 4) is 0 Å². The largest absolute Gasteiger partial charge is 0.464 e. The molecule has 2 N–H and O–H groups in total. The first-order valence-corrected chi connectivity index (χ1v) is 9.44. The van der Waals surface area contributed by atoms with E-state index < -0.39 is 0 Å². The molecule has 0 aliphatic carbocycles. The predicted octanol–water partition coefficient (Wildman–Crippen LogP) is 3.14. The minimum atomic E-state index is 0.0254. The summed E-state index contributed by atoms with van der Waals surface area (Å²) in [5, 5.41) is 6.68. The second-order valence-electron chi connectivity index (χ2n) is 6.98. The van der Waals surface area contributed by atoms with Gasteiger partial charge in [0.05, 0.1) is 6.04 Å². The topological polar surface area (TPSA) is 69.9 Å². The first-order chi connectivity index (χ1) is 13.0. The first-order valence-electron chi connectivity index (χ1n) is 9.44. The number of furan rings is 1. The molecule has 27 heavy (non-hydrogen) atoms. The van der Waals surface area contributed by atoms with E-state index in [1.807, 2.05) is 36.9 Å². The van der Waals surface area contributed by atoms with Crippen LogP contribution < -0.4 is 10.6 Å². The number of nitrogens with zero attached hydrogens (tertiary/aromatic N) is 2. The Morgan fingerprint density at radius 1 is 1.30 bits per heavy atom. The van der Waals surface area contributed by atoms with Crippen LogP contribution in [0.5, 0.6) is 0 Å². The molecule has 2 heterocycles. The summed E-state index contributed by atoms with van der Waals surface area (Å²) in [6.45, 7) is 6.19. The molecular weight excluding hydrogens is 340 g/mol. The van der Waals surface area contributed by atoms with Gasteiger partial charge in [0.25, 0.3) is 0 Å². The smallest absolute Gasteiger partial charge is 0.222 e. The monoisotopic (exact) mass is 368 g/mol. The Hall–Kier alpha value is -2.76. The number of guanidine groups is 1. The van der Waals surface area contributed by atoms with Crippen molar-refractivity contribution in [2.75, 3.05) is 13.6 Å². The summed E-state index contributed by atoms with van der Waals surface area (Å²) >= 11 is 0. The number of likely N-dealkylation sites (tertiary alicyclic amines) is 1. The molecule has 3 rings (SSSR count). The molecule has 144 valence electrons. The minimum Gasteiger partial charge on any atom is -0.464 e. The number of nitrogens with one attached hydrogen (secondary N) is 2. The van der Waals surface area contributed by atoms with Gasteiger partial charge in [0.1, 0.15) is 11.5 Å². The number of aliphatic imine (C=N–C) groups is 1. The van der Waals surface area contributed by atoms with E-state index in [2.05, 4.69) is 33.8 Å². The van der Waals surface area contributed by atoms with Gasteiger partial charge in [0.2, 0.25) is 5.91 Å². The van der Waals surface area contributed by atoms with E-state index in [1.54, 1.807) is 7.05 Å². The van der Waals surface area contributed by atoms with E-state index in [0.29, 0.717) is 19.5 Å². The van der Waals surface area contributed by atoms with Crippen molar-refractivity contribution >= 4 is 11.9 Å². The van der Waals surface area contributed by atoms with Gasteiger partial charge < -0.3 is 20.0 Å². The molecule has 1 unspecified atom stereocenters. The third-order valence-electron chi connectivity index (χ3n) is 4.76. The lowest BCUT2D eigenvalue weighted by molar-refractivity contribution is -0.128. The van der Waals surface area contributed by atoms with Gasteiger partial charge in [-0.2, -0.15) is 0 Å². The summed E-state index contributed by atoms with van der Waals surface area (Å²) in [5.74, 6) is 2.75. The number of rotatable bonds is 6. The first kappa shape index (κ1) is 19.0. The third-order valence-corrected chi connectivity index (χ3v) is 4.76. The molecule has 1 fully saturated rings. The molecule has 0 radical (unpaired) electrons. The van der Waals surface area contributed by atoms with E-state index in [1.165, 1.54) is 0 Å². The van der Waals surface area contributed by atoms with Crippen LogP contribution in [0.3, 0.4) is 0 Å². The average Bonchev–Trinajstić information content (AvgIpc) is 3.27. The maximum atomic E-state index is 11.8. The van der Waals surface area contributed by atoms with E-state index in [4.69, 9.17) is 4.42 Å². The average molecular weight is 368 g/mol. The van der Waals surface area contributed by atoms with Crippen LogP contribution in [-0.4, -0.2) is 30.4 Å². The van der Waals surface area contributed by atoms with Crippen LogP contribution in [-0.2, 0) is 17.9 Å². The van der Waals surface area contributed by atoms with Gasteiger partial charge >= 0.3 is 0 Å². The summed E-state index contributed by atoms with van der Waals surface area (Å²) in [6.07, 6.45) is 1.64. The van der Waals surface area contributed by atoms with Gasteiger partial charge in [-0.3, -0.25) is 9.79 Å². The van der Waals surface area contributed by atoms with Gasteiger partial charge in [-0.15, -0.1) is 0 Å². The van der Waals surface area contributed by atoms with Crippen LogP contribution in [0.2, 0.25) is 0 Å². The number of aryl methyl sites for hydroxylation is 1. The molecule has 2 aromatic rings. The molecule has 0 saturated carbocycles. The molecule has 1 amide bonds. The minimum absolute atomic E-state index is 0.0254. The van der Waals surface area contributed by atoms with E-state index in [0.717, 1.165) is 41.6 Å². The maximum absolute atomic E-state index is 11.8. The summed E-state index contributed by atoms with van der Waals surface area (Å²) in [4.78, 5) is 18.0.